The molecule has 25 heavy (non-hydrogen) atoms. The van der Waals surface area contributed by atoms with Crippen LogP contribution in [0.25, 0.3) is 11.1 Å². The van der Waals surface area contributed by atoms with Crippen molar-refractivity contribution >= 4 is 11.6 Å². The number of hydrogen-bond acceptors (Lipinski definition) is 4. The van der Waals surface area contributed by atoms with Crippen molar-refractivity contribution in [3.8, 4) is 11.1 Å². The lowest BCUT2D eigenvalue weighted by atomic mass is 10.0. The molecule has 0 bridgehead atoms. The van der Waals surface area contributed by atoms with E-state index in [1.165, 1.54) is 24.3 Å². The van der Waals surface area contributed by atoms with Crippen molar-refractivity contribution < 1.29 is 27.0 Å². The van der Waals surface area contributed by atoms with Crippen LogP contribution < -0.4 is 10.9 Å². The van der Waals surface area contributed by atoms with Crippen molar-refractivity contribution in [2.75, 3.05) is 5.32 Å². The lowest BCUT2D eigenvalue weighted by Gasteiger charge is -2.12. The highest BCUT2D eigenvalue weighted by Gasteiger charge is 2.28. The van der Waals surface area contributed by atoms with Crippen LogP contribution in [-0.4, -0.2) is 16.2 Å². The van der Waals surface area contributed by atoms with Crippen molar-refractivity contribution in [3.63, 3.8) is 0 Å². The summed E-state index contributed by atoms with van der Waals surface area (Å²) in [6.45, 7) is 0. The Hall–Kier alpha value is -3.43. The number of benzene rings is 2. The molecule has 3 rings (SSSR count). The molecule has 10 heteroatoms. The van der Waals surface area contributed by atoms with Crippen molar-refractivity contribution in [1.29, 1.82) is 0 Å². The third kappa shape index (κ3) is 2.77. The first-order chi connectivity index (χ1) is 11.9. The molecule has 0 aliphatic heterocycles. The number of H-pyrrole nitrogens is 1. The van der Waals surface area contributed by atoms with Gasteiger partial charge in [-0.25, -0.2) is 17.6 Å². The average molecular weight is 353 g/mol. The maximum atomic E-state index is 14.2. The monoisotopic (exact) mass is 353 g/mol. The molecule has 0 aliphatic rings. The molecule has 1 amide bonds. The van der Waals surface area contributed by atoms with E-state index in [2.05, 4.69) is 9.79 Å². The van der Waals surface area contributed by atoms with Crippen LogP contribution in [0.3, 0.4) is 0 Å². The van der Waals surface area contributed by atoms with Gasteiger partial charge >= 0.3 is 5.56 Å². The van der Waals surface area contributed by atoms with Crippen molar-refractivity contribution in [1.82, 2.24) is 10.3 Å². The number of halogens is 4. The molecule has 3 aromatic rings. The number of rotatable bonds is 3. The molecule has 2 aromatic carbocycles. The second kappa shape index (κ2) is 6.23. The Bertz CT molecular complexity index is 986. The van der Waals surface area contributed by atoms with Gasteiger partial charge < -0.3 is 5.32 Å². The number of nitrogens with zero attached hydrogens (tertiary/aromatic N) is 1. The van der Waals surface area contributed by atoms with E-state index in [1.54, 1.807) is 16.5 Å². The van der Waals surface area contributed by atoms with Crippen molar-refractivity contribution in [2.45, 2.75) is 0 Å². The molecule has 0 aliphatic carbocycles. The van der Waals surface area contributed by atoms with Crippen LogP contribution in [0, 0.1) is 23.3 Å². The SMILES string of the molecule is O=C(Nc1c(F)c(F)c(-c2ccccc2)c(F)c1F)c1no[nH]c1=O. The fourth-order valence-corrected chi connectivity index (χ4v) is 2.12. The van der Waals surface area contributed by atoms with Gasteiger partial charge in [-0.1, -0.05) is 30.3 Å². The number of carbonyl (C=O) groups is 1. The Labute approximate surface area is 136 Å². The molecule has 6 nitrogen and oxygen atoms in total. The van der Waals surface area contributed by atoms with Crippen LogP contribution in [0.2, 0.25) is 0 Å². The number of anilines is 1. The van der Waals surface area contributed by atoms with Crippen molar-refractivity contribution in [2.24, 2.45) is 0 Å². The quantitative estimate of drug-likeness (QED) is 0.560. The molecule has 1 heterocycles. The zero-order valence-corrected chi connectivity index (χ0v) is 12.1. The van der Waals surface area contributed by atoms with E-state index in [1.807, 2.05) is 0 Å². The number of aromatic nitrogens is 2. The molecule has 1 aromatic heterocycles. The smallest absolute Gasteiger partial charge is 0.313 e. The van der Waals surface area contributed by atoms with Gasteiger partial charge in [0.15, 0.2) is 23.3 Å². The minimum absolute atomic E-state index is 0.0962. The lowest BCUT2D eigenvalue weighted by molar-refractivity contribution is 0.101. The van der Waals surface area contributed by atoms with Gasteiger partial charge in [-0.2, -0.15) is 5.16 Å². The van der Waals surface area contributed by atoms with Crippen LogP contribution in [0.1, 0.15) is 10.5 Å². The van der Waals surface area contributed by atoms with Gasteiger partial charge in [0, 0.05) is 0 Å². The zero-order chi connectivity index (χ0) is 18.1. The van der Waals surface area contributed by atoms with E-state index < -0.39 is 51.7 Å². The minimum atomic E-state index is -1.83. The Morgan fingerprint density at radius 3 is 2.12 bits per heavy atom. The normalized spacial score (nSPS) is 10.7. The Kier molecular flexibility index (Phi) is 4.09. The number of aromatic amines is 1. The topological polar surface area (TPSA) is 88.0 Å². The van der Waals surface area contributed by atoms with Crippen LogP contribution in [0.15, 0.2) is 39.8 Å². The van der Waals surface area contributed by atoms with Crippen LogP contribution >= 0.6 is 0 Å². The second-order valence-corrected chi connectivity index (χ2v) is 4.79. The van der Waals surface area contributed by atoms with Gasteiger partial charge in [-0.15, -0.1) is 0 Å². The van der Waals surface area contributed by atoms with Gasteiger partial charge in [0.1, 0.15) is 5.69 Å². The standard InChI is InChI=1S/C15H7F4N3O3/c16-8-7(6-4-2-1-3-5-6)9(17)11(19)12(10(8)18)20-14(23)13-15(24)22-25-21-13/h1-5H,(H,20,23)(H,22,24). The van der Waals surface area contributed by atoms with Crippen LogP contribution in [-0.2, 0) is 0 Å². The summed E-state index contributed by atoms with van der Waals surface area (Å²) in [5.41, 5.74) is -4.36. The number of amides is 1. The molecule has 0 saturated heterocycles. The Morgan fingerprint density at radius 1 is 1.00 bits per heavy atom. The van der Waals surface area contributed by atoms with E-state index in [0.717, 1.165) is 0 Å². The first-order valence-corrected chi connectivity index (χ1v) is 6.69. The largest absolute Gasteiger partial charge is 0.315 e. The summed E-state index contributed by atoms with van der Waals surface area (Å²) in [7, 11) is 0. The Morgan fingerprint density at radius 2 is 1.60 bits per heavy atom. The van der Waals surface area contributed by atoms with Crippen LogP contribution in [0.4, 0.5) is 23.2 Å². The van der Waals surface area contributed by atoms with E-state index in [-0.39, 0.29) is 5.56 Å². The summed E-state index contributed by atoms with van der Waals surface area (Å²) in [6.07, 6.45) is 0. The lowest BCUT2D eigenvalue weighted by Crippen LogP contribution is -2.22. The van der Waals surface area contributed by atoms with E-state index >= 15 is 0 Å². The molecule has 0 fully saturated rings. The molecular weight excluding hydrogens is 346 g/mol. The highest BCUT2D eigenvalue weighted by atomic mass is 19.2. The number of nitrogens with one attached hydrogen (secondary N) is 2. The van der Waals surface area contributed by atoms with E-state index in [4.69, 9.17) is 0 Å². The predicted octanol–water partition coefficient (Wildman–Crippen LogP) is 2.84. The van der Waals surface area contributed by atoms with Crippen LogP contribution in [0.5, 0.6) is 0 Å². The molecule has 0 saturated carbocycles. The average Bonchev–Trinajstić information content (AvgIpc) is 3.04. The van der Waals surface area contributed by atoms with Gasteiger partial charge in [0.2, 0.25) is 5.69 Å². The van der Waals surface area contributed by atoms with Gasteiger partial charge in [0.25, 0.3) is 5.91 Å². The minimum Gasteiger partial charge on any atom is -0.315 e. The zero-order valence-electron chi connectivity index (χ0n) is 12.1. The summed E-state index contributed by atoms with van der Waals surface area (Å²) in [5, 5.41) is 6.24. The molecule has 0 spiro atoms. The highest BCUT2D eigenvalue weighted by molar-refractivity contribution is 6.02. The fourth-order valence-electron chi connectivity index (χ4n) is 2.12. The van der Waals surface area contributed by atoms with Gasteiger partial charge in [0.05, 0.1) is 5.56 Å². The molecule has 2 N–H and O–H groups in total. The van der Waals surface area contributed by atoms with E-state index in [0.29, 0.717) is 0 Å². The van der Waals surface area contributed by atoms with Crippen molar-refractivity contribution in [3.05, 3.63) is 69.6 Å². The molecule has 0 atom stereocenters. The second-order valence-electron chi connectivity index (χ2n) is 4.79. The maximum Gasteiger partial charge on any atom is 0.313 e. The number of carbonyl (C=O) groups excluding carboxylic acids is 1. The highest BCUT2D eigenvalue weighted by Crippen LogP contribution is 2.34. The molecule has 0 radical (unpaired) electrons. The van der Waals surface area contributed by atoms with Gasteiger partial charge in [-0.3, -0.25) is 14.2 Å². The maximum absolute atomic E-state index is 14.2. The third-order valence-electron chi connectivity index (χ3n) is 3.27. The number of hydrogen-bond donors (Lipinski definition) is 2. The molecule has 128 valence electrons. The summed E-state index contributed by atoms with van der Waals surface area (Å²) < 4.78 is 60.9. The summed E-state index contributed by atoms with van der Waals surface area (Å²) >= 11 is 0. The first kappa shape index (κ1) is 16.4. The van der Waals surface area contributed by atoms with E-state index in [9.17, 15) is 27.2 Å². The Balaban J connectivity index is 2.10. The summed E-state index contributed by atoms with van der Waals surface area (Å²) in [6, 6.07) is 6.92. The summed E-state index contributed by atoms with van der Waals surface area (Å²) in [5.74, 6) is -8.46. The fraction of sp³-hybridized carbons (Fsp3) is 0. The molecular formula is C15H7F4N3O3. The third-order valence-corrected chi connectivity index (χ3v) is 3.27. The summed E-state index contributed by atoms with van der Waals surface area (Å²) in [4.78, 5) is 22.9. The molecule has 0 unspecified atom stereocenters. The first-order valence-electron chi connectivity index (χ1n) is 6.69. The predicted molar refractivity (Wildman–Crippen MR) is 76.8 cm³/mol. The van der Waals surface area contributed by atoms with Gasteiger partial charge in [-0.05, 0) is 10.7 Å².